The molecule has 29 heteroatoms. The molecule has 0 aromatic rings. The lowest BCUT2D eigenvalue weighted by molar-refractivity contribution is -0.139. The maximum atomic E-state index is 14.2. The van der Waals surface area contributed by atoms with Crippen molar-refractivity contribution >= 4 is 77.0 Å². The highest BCUT2D eigenvalue weighted by Crippen LogP contribution is 2.13. The number of nitrogens with one attached hydrogen (secondary N) is 8. The number of rotatable bonds is 38. The molecule has 22 N–H and O–H groups in total. The van der Waals surface area contributed by atoms with E-state index in [0.29, 0.717) is 6.42 Å². The van der Waals surface area contributed by atoms with Gasteiger partial charge in [0.25, 0.3) is 0 Å². The van der Waals surface area contributed by atoms with E-state index in [1.807, 2.05) is 0 Å². The highest BCUT2D eigenvalue weighted by Gasteiger charge is 2.36. The third-order valence-corrected chi connectivity index (χ3v) is 11.1. The maximum Gasteiger partial charge on any atom is 0.322 e. The molecule has 0 spiro atoms. The predicted octanol–water partition coefficient (Wildman–Crippen LogP) is -5.16. The number of aliphatic imine (C=N–C) groups is 1. The molecule has 0 heterocycles. The molecule has 0 unspecified atom stereocenters. The van der Waals surface area contributed by atoms with Crippen molar-refractivity contribution in [2.45, 2.75) is 167 Å². The van der Waals surface area contributed by atoms with Crippen LogP contribution in [0.2, 0.25) is 0 Å². The van der Waals surface area contributed by atoms with Gasteiger partial charge in [0.2, 0.25) is 59.1 Å². The average molecular weight is 1060 g/mol. The molecule has 0 fully saturated rings. The Kier molecular flexibility index (Phi) is 31.7. The van der Waals surface area contributed by atoms with E-state index in [1.54, 1.807) is 41.5 Å². The summed E-state index contributed by atoms with van der Waals surface area (Å²) in [7, 11) is 0. The smallest absolute Gasteiger partial charge is 0.322 e. The first-order chi connectivity index (χ1) is 34.5. The van der Waals surface area contributed by atoms with Crippen LogP contribution in [0.25, 0.3) is 0 Å². The highest BCUT2D eigenvalue weighted by molar-refractivity contribution is 5.99. The van der Waals surface area contributed by atoms with Crippen LogP contribution in [0.15, 0.2) is 4.99 Å². The third-order valence-electron chi connectivity index (χ3n) is 11.1. The number of carboxylic acid groups (broad SMARTS) is 2. The third kappa shape index (κ3) is 28.2. The first kappa shape index (κ1) is 66.8. The van der Waals surface area contributed by atoms with Gasteiger partial charge in [-0.2, -0.15) is 0 Å². The molecule has 0 rings (SSSR count). The number of carbonyl (C=O) groups excluding carboxylic acids is 10. The number of primary amides is 2. The standard InChI is InChI=1S/C45H81N15O14/c1-7-24(6)36(60-43(73)31(20-33(49)62)56-37(67)25(47)13-14-34(63)64)44(74)59-30(19-32(48)61)42(72)54-26(11-8-9-15-46)39(69)58-29(18-23(4)5)41(71)55-27(12-10-16-52-45(50)51)40(70)57-28(17-22(2)3)38(68)53-21-35(65)66/h22-31,36H,7-21,46-47H2,1-6H3,(H2,48,61)(H2,49,62)(H,53,68)(H,54,72)(H,55,71)(H,56,67)(H,57,70)(H,58,69)(H,59,74)(H,60,73)(H,63,64)(H,65,66)(H4,50,51,52)/t24-,25-,26-,27-,28-,29-,30-,31-,36-/m0/s1. The zero-order valence-electron chi connectivity index (χ0n) is 43.2. The second-order valence-corrected chi connectivity index (χ2v) is 18.7. The fourth-order valence-corrected chi connectivity index (χ4v) is 7.04. The summed E-state index contributed by atoms with van der Waals surface area (Å²) < 4.78 is 0. The molecule has 0 aromatic heterocycles. The second-order valence-electron chi connectivity index (χ2n) is 18.7. The van der Waals surface area contributed by atoms with Gasteiger partial charge < -0.3 is 87.1 Å². The van der Waals surface area contributed by atoms with Crippen LogP contribution in [0.1, 0.15) is 119 Å². The van der Waals surface area contributed by atoms with Gasteiger partial charge in [-0.3, -0.25) is 62.5 Å². The van der Waals surface area contributed by atoms with Crippen LogP contribution in [0.3, 0.4) is 0 Å². The van der Waals surface area contributed by atoms with Gasteiger partial charge in [0.1, 0.15) is 48.8 Å². The highest BCUT2D eigenvalue weighted by atomic mass is 16.4. The normalized spacial score (nSPS) is 14.7. The van der Waals surface area contributed by atoms with E-state index in [4.69, 9.17) is 44.6 Å². The van der Waals surface area contributed by atoms with Crippen molar-refractivity contribution in [3.63, 3.8) is 0 Å². The Hall–Kier alpha value is -7.17. The van der Waals surface area contributed by atoms with E-state index in [9.17, 15) is 57.5 Å². The van der Waals surface area contributed by atoms with Gasteiger partial charge in [0.15, 0.2) is 5.96 Å². The molecule has 29 nitrogen and oxygen atoms in total. The van der Waals surface area contributed by atoms with Gasteiger partial charge in [0, 0.05) is 13.0 Å². The van der Waals surface area contributed by atoms with Gasteiger partial charge in [0.05, 0.1) is 18.9 Å². The summed E-state index contributed by atoms with van der Waals surface area (Å²) >= 11 is 0. The number of carbonyl (C=O) groups is 12. The van der Waals surface area contributed by atoms with E-state index in [2.05, 4.69) is 47.5 Å². The van der Waals surface area contributed by atoms with Crippen LogP contribution < -0.4 is 76.9 Å². The average Bonchev–Trinajstić information content (AvgIpc) is 3.29. The van der Waals surface area contributed by atoms with E-state index < -0.39 is 151 Å². The quantitative estimate of drug-likeness (QED) is 0.0156. The molecule has 420 valence electrons. The summed E-state index contributed by atoms with van der Waals surface area (Å²) in [6.07, 6.45) is -1.38. The van der Waals surface area contributed by atoms with Crippen LogP contribution in [-0.2, 0) is 57.5 Å². The van der Waals surface area contributed by atoms with Gasteiger partial charge >= 0.3 is 11.9 Å². The van der Waals surface area contributed by atoms with Crippen molar-refractivity contribution in [1.29, 1.82) is 0 Å². The Morgan fingerprint density at radius 3 is 1.35 bits per heavy atom. The minimum atomic E-state index is -1.76. The molecule has 0 radical (unpaired) electrons. The molecule has 0 aliphatic heterocycles. The lowest BCUT2D eigenvalue weighted by Gasteiger charge is -2.29. The lowest BCUT2D eigenvalue weighted by atomic mass is 9.96. The maximum absolute atomic E-state index is 14.2. The van der Waals surface area contributed by atoms with Crippen molar-refractivity contribution in [1.82, 2.24) is 42.5 Å². The summed E-state index contributed by atoms with van der Waals surface area (Å²) in [5, 5.41) is 37.7. The van der Waals surface area contributed by atoms with Crippen LogP contribution >= 0.6 is 0 Å². The number of unbranched alkanes of at least 4 members (excludes halogenated alkanes) is 1. The van der Waals surface area contributed by atoms with E-state index in [0.717, 1.165) is 0 Å². The zero-order valence-corrected chi connectivity index (χ0v) is 43.2. The molecule has 0 saturated carbocycles. The zero-order chi connectivity index (χ0) is 56.8. The Labute approximate surface area is 430 Å². The summed E-state index contributed by atoms with van der Waals surface area (Å²) in [6, 6.07) is -11.7. The topological polar surface area (TPSA) is 510 Å². The molecule has 0 saturated heterocycles. The molecule has 10 amide bonds. The molecule has 0 aliphatic rings. The van der Waals surface area contributed by atoms with Crippen molar-refractivity contribution in [3.05, 3.63) is 0 Å². The summed E-state index contributed by atoms with van der Waals surface area (Å²) in [4.78, 5) is 160. The number of amides is 10. The largest absolute Gasteiger partial charge is 0.481 e. The van der Waals surface area contributed by atoms with Gasteiger partial charge in [-0.1, -0.05) is 48.0 Å². The number of hydrogen-bond donors (Lipinski definition) is 16. The number of guanidine groups is 1. The fourth-order valence-electron chi connectivity index (χ4n) is 7.04. The van der Waals surface area contributed by atoms with Gasteiger partial charge in [-0.15, -0.1) is 0 Å². The molecule has 0 bridgehead atoms. The number of nitrogens with two attached hydrogens (primary N) is 6. The van der Waals surface area contributed by atoms with Crippen molar-refractivity contribution < 1.29 is 67.7 Å². The molecule has 74 heavy (non-hydrogen) atoms. The van der Waals surface area contributed by atoms with Gasteiger partial charge in [-0.25, -0.2) is 0 Å². The van der Waals surface area contributed by atoms with Crippen LogP contribution in [0.5, 0.6) is 0 Å². The Bertz CT molecular complexity index is 1970. The summed E-state index contributed by atoms with van der Waals surface area (Å²) in [5.74, 6) is -13.5. The Balaban J connectivity index is 6.81. The first-order valence-corrected chi connectivity index (χ1v) is 24.4. The summed E-state index contributed by atoms with van der Waals surface area (Å²) in [6.45, 7) is 9.77. The second kappa shape index (κ2) is 35.1. The fraction of sp³-hybridized carbons (Fsp3) is 0.711. The first-order valence-electron chi connectivity index (χ1n) is 24.4. The molecule has 9 atom stereocenters. The number of carboxylic acids is 2. The number of hydrogen-bond acceptors (Lipinski definition) is 15. The van der Waals surface area contributed by atoms with E-state index in [1.165, 1.54) is 0 Å². The molecular formula is C45H81N15O14. The predicted molar refractivity (Wildman–Crippen MR) is 268 cm³/mol. The summed E-state index contributed by atoms with van der Waals surface area (Å²) in [5.41, 5.74) is 33.2. The van der Waals surface area contributed by atoms with Crippen molar-refractivity contribution in [2.75, 3.05) is 19.6 Å². The molecular weight excluding hydrogens is 975 g/mol. The molecule has 0 aromatic carbocycles. The number of aliphatic carboxylic acids is 2. The number of nitrogens with zero attached hydrogens (tertiary/aromatic N) is 1. The van der Waals surface area contributed by atoms with E-state index in [-0.39, 0.29) is 82.3 Å². The molecule has 0 aliphatic carbocycles. The van der Waals surface area contributed by atoms with E-state index >= 15 is 0 Å². The van der Waals surface area contributed by atoms with Crippen LogP contribution in [0.4, 0.5) is 0 Å². The van der Waals surface area contributed by atoms with Crippen LogP contribution in [-0.4, -0.2) is 155 Å². The lowest BCUT2D eigenvalue weighted by Crippen LogP contribution is -2.61. The van der Waals surface area contributed by atoms with Crippen molar-refractivity contribution in [3.8, 4) is 0 Å². The van der Waals surface area contributed by atoms with Crippen molar-refractivity contribution in [2.24, 2.45) is 57.1 Å². The minimum Gasteiger partial charge on any atom is -0.481 e. The Morgan fingerprint density at radius 2 is 0.919 bits per heavy atom. The Morgan fingerprint density at radius 1 is 0.500 bits per heavy atom. The SMILES string of the molecule is CC[C@H](C)[C@H](NC(=O)[C@H](CC(N)=O)NC(=O)[C@@H](N)CCC(=O)O)C(=O)N[C@@H](CC(N)=O)C(=O)N[C@@H](CCCCN)C(=O)N[C@@H](CC(C)C)C(=O)N[C@@H](CCCN=C(N)N)C(=O)N[C@@H](CC(C)C)C(=O)NCC(=O)O. The van der Waals surface area contributed by atoms with Gasteiger partial charge in [-0.05, 0) is 75.7 Å². The monoisotopic (exact) mass is 1060 g/mol. The minimum absolute atomic E-state index is 0.00152. The van der Waals surface area contributed by atoms with Crippen LogP contribution in [0, 0.1) is 17.8 Å².